The Balaban J connectivity index is 2.19. The van der Waals surface area contributed by atoms with Crippen LogP contribution in [0.15, 0.2) is 24.3 Å². The Bertz CT molecular complexity index is 224. The first-order valence-electron chi connectivity index (χ1n) is 3.75. The zero-order chi connectivity index (χ0) is 7.90. The topological polar surface area (TPSA) is 38.0 Å². The smallest absolute Gasteiger partial charge is 0.0769 e. The average Bonchev–Trinajstić information content (AvgIpc) is 1.99. The lowest BCUT2D eigenvalue weighted by Crippen LogP contribution is -2.68. The van der Waals surface area contributed by atoms with Crippen molar-refractivity contribution in [2.45, 2.75) is 16.2 Å². The molecule has 3 atom stereocenters. The summed E-state index contributed by atoms with van der Waals surface area (Å²) in [6.45, 7) is 0. The van der Waals surface area contributed by atoms with Crippen molar-refractivity contribution in [2.24, 2.45) is 5.73 Å². The molecule has 1 aliphatic heterocycles. The first kappa shape index (κ1) is 7.40. The molecule has 2 rings (SSSR count). The lowest BCUT2D eigenvalue weighted by molar-refractivity contribution is 0.437. The molecule has 3 N–H and O–H groups in total. The van der Waals surface area contributed by atoms with Crippen molar-refractivity contribution in [1.82, 2.24) is 5.32 Å². The fourth-order valence-electron chi connectivity index (χ4n) is 1.56. The summed E-state index contributed by atoms with van der Waals surface area (Å²) in [5.74, 6) is 0. The highest BCUT2D eigenvalue weighted by atomic mass is 32.2. The second-order valence-corrected chi connectivity index (χ2v) is 4.22. The minimum absolute atomic E-state index is 0.131. The van der Waals surface area contributed by atoms with E-state index in [0.717, 1.165) is 0 Å². The second kappa shape index (κ2) is 2.37. The Morgan fingerprint density at radius 3 is 3.00 bits per heavy atom. The molecule has 11 heavy (non-hydrogen) atoms. The molecule has 0 spiro atoms. The van der Waals surface area contributed by atoms with Crippen molar-refractivity contribution in [1.29, 1.82) is 0 Å². The molecule has 1 fully saturated rings. The predicted octanol–water partition coefficient (Wildman–Crippen LogP) is 0.471. The van der Waals surface area contributed by atoms with E-state index in [0.29, 0.717) is 10.6 Å². The van der Waals surface area contributed by atoms with Gasteiger partial charge in [0.1, 0.15) is 0 Å². The van der Waals surface area contributed by atoms with Crippen LogP contribution in [0.1, 0.15) is 0 Å². The van der Waals surface area contributed by atoms with Crippen LogP contribution in [-0.4, -0.2) is 23.2 Å². The van der Waals surface area contributed by atoms with Gasteiger partial charge in [-0.25, -0.2) is 0 Å². The first-order valence-corrected chi connectivity index (χ1v) is 4.69. The maximum Gasteiger partial charge on any atom is 0.0769 e. The van der Waals surface area contributed by atoms with Crippen LogP contribution in [0.4, 0.5) is 0 Å². The van der Waals surface area contributed by atoms with Gasteiger partial charge in [-0.2, -0.15) is 0 Å². The van der Waals surface area contributed by atoms with Crippen molar-refractivity contribution in [3.05, 3.63) is 24.3 Å². The third-order valence-corrected chi connectivity index (χ3v) is 4.05. The number of hydrogen-bond donors (Lipinski definition) is 2. The van der Waals surface area contributed by atoms with Crippen molar-refractivity contribution in [3.63, 3.8) is 0 Å². The van der Waals surface area contributed by atoms with Crippen LogP contribution in [0, 0.1) is 0 Å². The van der Waals surface area contributed by atoms with E-state index in [4.69, 9.17) is 5.73 Å². The van der Waals surface area contributed by atoms with Crippen molar-refractivity contribution in [3.8, 4) is 0 Å². The number of hydrogen-bond acceptors (Lipinski definition) is 3. The van der Waals surface area contributed by atoms with Crippen LogP contribution >= 0.6 is 11.8 Å². The van der Waals surface area contributed by atoms with Crippen LogP contribution in [-0.2, 0) is 0 Å². The van der Waals surface area contributed by atoms with Gasteiger partial charge in [-0.05, 0) is 7.05 Å². The summed E-state index contributed by atoms with van der Waals surface area (Å²) >= 11 is 1.88. The summed E-state index contributed by atoms with van der Waals surface area (Å²) in [6, 6.07) is 0. The number of nitrogens with two attached hydrogens (primary N) is 1. The van der Waals surface area contributed by atoms with E-state index in [1.807, 2.05) is 24.9 Å². The Morgan fingerprint density at radius 1 is 1.55 bits per heavy atom. The summed E-state index contributed by atoms with van der Waals surface area (Å²) in [6.07, 6.45) is 8.35. The number of rotatable bonds is 1. The van der Waals surface area contributed by atoms with Crippen molar-refractivity contribution in [2.75, 3.05) is 7.05 Å². The summed E-state index contributed by atoms with van der Waals surface area (Å²) in [5.41, 5.74) is 6.01. The highest BCUT2D eigenvalue weighted by molar-refractivity contribution is 8.02. The molecule has 0 bridgehead atoms. The Hall–Kier alpha value is -0.250. The molecule has 3 heteroatoms. The van der Waals surface area contributed by atoms with Gasteiger partial charge in [-0.15, -0.1) is 11.8 Å². The van der Waals surface area contributed by atoms with Crippen molar-refractivity contribution >= 4 is 11.8 Å². The Morgan fingerprint density at radius 2 is 2.36 bits per heavy atom. The van der Waals surface area contributed by atoms with E-state index >= 15 is 0 Å². The van der Waals surface area contributed by atoms with E-state index in [9.17, 15) is 0 Å². The van der Waals surface area contributed by atoms with E-state index in [1.54, 1.807) is 0 Å². The summed E-state index contributed by atoms with van der Waals surface area (Å²) in [5, 5.41) is 4.05. The maximum atomic E-state index is 6.14. The second-order valence-electron chi connectivity index (χ2n) is 2.97. The Kier molecular flexibility index (Phi) is 1.59. The molecule has 0 aromatic carbocycles. The molecule has 60 valence electrons. The monoisotopic (exact) mass is 168 g/mol. The van der Waals surface area contributed by atoms with E-state index in [2.05, 4.69) is 23.5 Å². The first-order chi connectivity index (χ1) is 5.27. The van der Waals surface area contributed by atoms with Gasteiger partial charge in [0.05, 0.1) is 10.9 Å². The number of nitrogens with one attached hydrogen (secondary N) is 1. The van der Waals surface area contributed by atoms with Gasteiger partial charge >= 0.3 is 0 Å². The third kappa shape index (κ3) is 0.883. The van der Waals surface area contributed by atoms with E-state index in [-0.39, 0.29) is 5.54 Å². The normalized spacial score (nSPS) is 46.7. The fourth-order valence-corrected chi connectivity index (χ4v) is 2.86. The van der Waals surface area contributed by atoms with Crippen LogP contribution < -0.4 is 11.1 Å². The van der Waals surface area contributed by atoms with Crippen molar-refractivity contribution < 1.29 is 0 Å². The molecular weight excluding hydrogens is 156 g/mol. The molecule has 1 heterocycles. The number of fused-ring (bicyclic) bond motifs is 1. The Labute approximate surface area is 70.9 Å². The summed E-state index contributed by atoms with van der Waals surface area (Å²) in [4.78, 5) is 0. The van der Waals surface area contributed by atoms with Gasteiger partial charge in [-0.3, -0.25) is 0 Å². The standard InChI is InChI=1S/C8H12N2S/c1-10-7-8(9)5-3-2-4-6(8)11-7/h2-7,10H,9H2,1H3/t6?,7-,8?/m0/s1. The van der Waals surface area contributed by atoms with Crippen LogP contribution in [0.25, 0.3) is 0 Å². The van der Waals surface area contributed by atoms with Gasteiger partial charge in [0.15, 0.2) is 0 Å². The van der Waals surface area contributed by atoms with Gasteiger partial charge < -0.3 is 11.1 Å². The highest BCUT2D eigenvalue weighted by Gasteiger charge is 2.50. The lowest BCUT2D eigenvalue weighted by Gasteiger charge is -2.51. The summed E-state index contributed by atoms with van der Waals surface area (Å²) < 4.78 is 0. The quantitative estimate of drug-likeness (QED) is 0.598. The summed E-state index contributed by atoms with van der Waals surface area (Å²) in [7, 11) is 1.95. The number of thioether (sulfide) groups is 1. The highest BCUT2D eigenvalue weighted by Crippen LogP contribution is 2.45. The number of likely N-dealkylation sites (N-methyl/N-ethyl adjacent to an activating group) is 1. The molecule has 0 amide bonds. The molecule has 1 saturated heterocycles. The molecule has 0 aromatic rings. The molecule has 1 aliphatic carbocycles. The number of allylic oxidation sites excluding steroid dienone is 2. The van der Waals surface area contributed by atoms with Crippen LogP contribution in [0.3, 0.4) is 0 Å². The lowest BCUT2D eigenvalue weighted by atomic mass is 9.90. The maximum absolute atomic E-state index is 6.14. The zero-order valence-electron chi connectivity index (χ0n) is 6.45. The molecule has 0 radical (unpaired) electrons. The van der Waals surface area contributed by atoms with E-state index in [1.165, 1.54) is 0 Å². The predicted molar refractivity (Wildman–Crippen MR) is 49.4 cm³/mol. The minimum Gasteiger partial charge on any atom is -0.319 e. The molecular formula is C8H12N2S. The molecule has 2 nitrogen and oxygen atoms in total. The SMILES string of the molecule is CN[C@H]1SC2C=CC=CC21N. The third-order valence-electron chi connectivity index (χ3n) is 2.27. The largest absolute Gasteiger partial charge is 0.319 e. The molecule has 0 saturated carbocycles. The average molecular weight is 168 g/mol. The molecule has 2 aliphatic rings. The van der Waals surface area contributed by atoms with Gasteiger partial charge in [-0.1, -0.05) is 24.3 Å². The molecule has 0 aromatic heterocycles. The van der Waals surface area contributed by atoms with Crippen LogP contribution in [0.5, 0.6) is 0 Å². The zero-order valence-corrected chi connectivity index (χ0v) is 7.27. The fraction of sp³-hybridized carbons (Fsp3) is 0.500. The minimum atomic E-state index is -0.131. The van der Waals surface area contributed by atoms with Gasteiger partial charge in [0.2, 0.25) is 0 Å². The van der Waals surface area contributed by atoms with Crippen LogP contribution in [0.2, 0.25) is 0 Å². The van der Waals surface area contributed by atoms with Gasteiger partial charge in [0, 0.05) is 5.25 Å². The molecule has 2 unspecified atom stereocenters. The van der Waals surface area contributed by atoms with E-state index < -0.39 is 0 Å². The van der Waals surface area contributed by atoms with Gasteiger partial charge in [0.25, 0.3) is 0 Å².